The molecule has 8 heteroatoms. The maximum absolute atomic E-state index is 12.1. The second-order valence-electron chi connectivity index (χ2n) is 6.28. The van der Waals surface area contributed by atoms with Gasteiger partial charge in [0.05, 0.1) is 12.3 Å². The molecule has 0 spiro atoms. The highest BCUT2D eigenvalue weighted by molar-refractivity contribution is 5.73. The molecule has 3 heterocycles. The summed E-state index contributed by atoms with van der Waals surface area (Å²) < 4.78 is 7.34. The number of likely N-dealkylation sites (tertiary alicyclic amines) is 1. The van der Waals surface area contributed by atoms with E-state index < -0.39 is 0 Å². The predicted octanol–water partition coefficient (Wildman–Crippen LogP) is 1.79. The number of carbonyl (C=O) groups is 1. The van der Waals surface area contributed by atoms with E-state index in [0.717, 1.165) is 31.8 Å². The number of furan rings is 1. The molecule has 0 aliphatic carbocycles. The van der Waals surface area contributed by atoms with Crippen molar-refractivity contribution in [2.45, 2.75) is 38.3 Å². The van der Waals surface area contributed by atoms with Crippen LogP contribution in [0.4, 0.5) is 4.79 Å². The summed E-state index contributed by atoms with van der Waals surface area (Å²) in [7, 11) is 0. The highest BCUT2D eigenvalue weighted by Crippen LogP contribution is 2.24. The largest absolute Gasteiger partial charge is 0.468 e. The van der Waals surface area contributed by atoms with Crippen LogP contribution >= 0.6 is 0 Å². The van der Waals surface area contributed by atoms with Gasteiger partial charge in [-0.1, -0.05) is 6.42 Å². The highest BCUT2D eigenvalue weighted by Gasteiger charge is 2.24. The first-order valence-corrected chi connectivity index (χ1v) is 8.94. The van der Waals surface area contributed by atoms with Crippen molar-refractivity contribution in [2.75, 3.05) is 26.2 Å². The summed E-state index contributed by atoms with van der Waals surface area (Å²) in [6.07, 6.45) is 9.36. The molecule has 136 valence electrons. The molecule has 8 nitrogen and oxygen atoms in total. The summed E-state index contributed by atoms with van der Waals surface area (Å²) in [4.78, 5) is 18.3. The Morgan fingerprint density at radius 2 is 2.16 bits per heavy atom. The lowest BCUT2D eigenvalue weighted by Gasteiger charge is -2.33. The first kappa shape index (κ1) is 17.5. The zero-order chi connectivity index (χ0) is 17.3. The Morgan fingerprint density at radius 1 is 1.28 bits per heavy atom. The number of aromatic nitrogens is 3. The molecule has 0 bridgehead atoms. The van der Waals surface area contributed by atoms with Crippen LogP contribution in [0.2, 0.25) is 0 Å². The van der Waals surface area contributed by atoms with E-state index in [2.05, 4.69) is 25.6 Å². The summed E-state index contributed by atoms with van der Waals surface area (Å²) in [5.74, 6) is 0.911. The molecule has 1 fully saturated rings. The minimum absolute atomic E-state index is 0.0937. The Hall–Kier alpha value is -2.35. The van der Waals surface area contributed by atoms with Gasteiger partial charge in [0.25, 0.3) is 0 Å². The van der Waals surface area contributed by atoms with Crippen molar-refractivity contribution >= 4 is 6.03 Å². The molecule has 0 saturated carbocycles. The van der Waals surface area contributed by atoms with Crippen molar-refractivity contribution in [2.24, 2.45) is 0 Å². The lowest BCUT2D eigenvalue weighted by atomic mass is 10.1. The van der Waals surface area contributed by atoms with E-state index in [1.54, 1.807) is 17.3 Å². The second kappa shape index (κ2) is 9.22. The van der Waals surface area contributed by atoms with Gasteiger partial charge < -0.3 is 15.1 Å². The van der Waals surface area contributed by atoms with E-state index in [0.29, 0.717) is 13.1 Å². The normalized spacial score (nSPS) is 16.5. The van der Waals surface area contributed by atoms with E-state index >= 15 is 0 Å². The van der Waals surface area contributed by atoms with Crippen LogP contribution in [0, 0.1) is 0 Å². The molecule has 1 aliphatic heterocycles. The molecule has 25 heavy (non-hydrogen) atoms. The molecule has 2 N–H and O–H groups in total. The van der Waals surface area contributed by atoms with Crippen LogP contribution in [0.15, 0.2) is 35.5 Å². The second-order valence-corrected chi connectivity index (χ2v) is 6.28. The van der Waals surface area contributed by atoms with Gasteiger partial charge in [0, 0.05) is 19.6 Å². The van der Waals surface area contributed by atoms with Crippen molar-refractivity contribution in [3.05, 3.63) is 36.8 Å². The van der Waals surface area contributed by atoms with Gasteiger partial charge in [0.1, 0.15) is 18.4 Å². The standard InChI is InChI=1S/C17H26N6O2/c24-17(19-7-5-10-23-14-18-13-21-23)20-12-15(16-6-4-11-25-16)22-8-2-1-3-9-22/h4,6,11,13-15H,1-3,5,7-10,12H2,(H2,19,20,24). The van der Waals surface area contributed by atoms with Gasteiger partial charge in [-0.15, -0.1) is 0 Å². The third-order valence-electron chi connectivity index (χ3n) is 4.48. The smallest absolute Gasteiger partial charge is 0.314 e. The lowest BCUT2D eigenvalue weighted by Crippen LogP contribution is -2.43. The van der Waals surface area contributed by atoms with Crippen LogP contribution in [0.25, 0.3) is 0 Å². The van der Waals surface area contributed by atoms with Crippen LogP contribution in [-0.4, -0.2) is 51.9 Å². The number of carbonyl (C=O) groups excluding carboxylic acids is 1. The van der Waals surface area contributed by atoms with Crippen molar-refractivity contribution in [3.8, 4) is 0 Å². The van der Waals surface area contributed by atoms with Gasteiger partial charge in [-0.2, -0.15) is 5.10 Å². The van der Waals surface area contributed by atoms with Crippen LogP contribution in [0.1, 0.15) is 37.5 Å². The molecule has 2 aromatic rings. The molecule has 3 rings (SSSR count). The van der Waals surface area contributed by atoms with Gasteiger partial charge in [-0.05, 0) is 44.5 Å². The lowest BCUT2D eigenvalue weighted by molar-refractivity contribution is 0.143. The average Bonchev–Trinajstić information content (AvgIpc) is 3.34. The molecule has 0 aromatic carbocycles. The molecule has 2 aromatic heterocycles. The number of nitrogens with zero attached hydrogens (tertiary/aromatic N) is 4. The minimum atomic E-state index is -0.146. The van der Waals surface area contributed by atoms with Gasteiger partial charge in [-0.25, -0.2) is 9.78 Å². The minimum Gasteiger partial charge on any atom is -0.468 e. The molecular formula is C17H26N6O2. The number of piperidine rings is 1. The van der Waals surface area contributed by atoms with Gasteiger partial charge >= 0.3 is 6.03 Å². The Morgan fingerprint density at radius 3 is 2.88 bits per heavy atom. The third kappa shape index (κ3) is 5.32. The number of aryl methyl sites for hydroxylation is 1. The zero-order valence-electron chi connectivity index (χ0n) is 14.4. The number of nitrogens with one attached hydrogen (secondary N) is 2. The maximum Gasteiger partial charge on any atom is 0.314 e. The third-order valence-corrected chi connectivity index (χ3v) is 4.48. The molecule has 1 atom stereocenters. The Kier molecular flexibility index (Phi) is 6.44. The Labute approximate surface area is 147 Å². The van der Waals surface area contributed by atoms with Crippen molar-refractivity contribution in [3.63, 3.8) is 0 Å². The van der Waals surface area contributed by atoms with Crippen LogP contribution in [0.3, 0.4) is 0 Å². The summed E-state index contributed by atoms with van der Waals surface area (Å²) in [6, 6.07) is 3.83. The Bertz CT molecular complexity index is 607. The van der Waals surface area contributed by atoms with Crippen LogP contribution in [0.5, 0.6) is 0 Å². The molecule has 2 amide bonds. The fourth-order valence-electron chi connectivity index (χ4n) is 3.16. The molecule has 1 saturated heterocycles. The van der Waals surface area contributed by atoms with Crippen LogP contribution in [-0.2, 0) is 6.54 Å². The molecule has 1 aliphatic rings. The fourth-order valence-corrected chi connectivity index (χ4v) is 3.16. The van der Waals surface area contributed by atoms with Crippen molar-refractivity contribution in [1.29, 1.82) is 0 Å². The monoisotopic (exact) mass is 346 g/mol. The van der Waals surface area contributed by atoms with Gasteiger partial charge in [-0.3, -0.25) is 9.58 Å². The number of amides is 2. The summed E-state index contributed by atoms with van der Waals surface area (Å²) in [5.41, 5.74) is 0. The van der Waals surface area contributed by atoms with Crippen LogP contribution < -0.4 is 10.6 Å². The van der Waals surface area contributed by atoms with E-state index in [1.165, 1.54) is 25.6 Å². The van der Waals surface area contributed by atoms with Gasteiger partial charge in [0.15, 0.2) is 0 Å². The SMILES string of the molecule is O=C(NCCCn1cncn1)NCC(c1ccco1)N1CCCCC1. The average molecular weight is 346 g/mol. The topological polar surface area (TPSA) is 88.2 Å². The quantitative estimate of drug-likeness (QED) is 0.712. The molecular weight excluding hydrogens is 320 g/mol. The first-order valence-electron chi connectivity index (χ1n) is 8.94. The highest BCUT2D eigenvalue weighted by atomic mass is 16.3. The number of hydrogen-bond donors (Lipinski definition) is 2. The molecule has 0 radical (unpaired) electrons. The van der Waals surface area contributed by atoms with Crippen molar-refractivity contribution in [1.82, 2.24) is 30.3 Å². The predicted molar refractivity (Wildman–Crippen MR) is 92.9 cm³/mol. The van der Waals surface area contributed by atoms with E-state index in [9.17, 15) is 4.79 Å². The maximum atomic E-state index is 12.1. The first-order chi connectivity index (χ1) is 12.3. The van der Waals surface area contributed by atoms with Crippen molar-refractivity contribution < 1.29 is 9.21 Å². The summed E-state index contributed by atoms with van der Waals surface area (Å²) >= 11 is 0. The number of urea groups is 1. The molecule has 1 unspecified atom stereocenters. The fraction of sp³-hybridized carbons (Fsp3) is 0.588. The van der Waals surface area contributed by atoms with E-state index in [-0.39, 0.29) is 12.1 Å². The van der Waals surface area contributed by atoms with Gasteiger partial charge in [0.2, 0.25) is 0 Å². The number of hydrogen-bond acceptors (Lipinski definition) is 5. The Balaban J connectivity index is 1.41. The number of rotatable bonds is 8. The van der Waals surface area contributed by atoms with E-state index in [1.807, 2.05) is 12.1 Å². The van der Waals surface area contributed by atoms with E-state index in [4.69, 9.17) is 4.42 Å². The zero-order valence-corrected chi connectivity index (χ0v) is 14.4. The summed E-state index contributed by atoms with van der Waals surface area (Å²) in [6.45, 7) is 3.98. The summed E-state index contributed by atoms with van der Waals surface area (Å²) in [5, 5.41) is 9.90.